The highest BCUT2D eigenvalue weighted by Gasteiger charge is 2.23. The highest BCUT2D eigenvalue weighted by molar-refractivity contribution is 4.79. The van der Waals surface area contributed by atoms with Gasteiger partial charge in [0.2, 0.25) is 0 Å². The molecule has 0 spiro atoms. The molecule has 1 saturated heterocycles. The van der Waals surface area contributed by atoms with E-state index in [-0.39, 0.29) is 0 Å². The average Bonchev–Trinajstić information content (AvgIpc) is 2.50. The highest BCUT2D eigenvalue weighted by atomic mass is 15.2. The van der Waals surface area contributed by atoms with Crippen LogP contribution in [0.1, 0.15) is 26.7 Å². The van der Waals surface area contributed by atoms with E-state index in [9.17, 15) is 0 Å². The summed E-state index contributed by atoms with van der Waals surface area (Å²) in [5.74, 6) is 0.768. The van der Waals surface area contributed by atoms with Crippen molar-refractivity contribution in [2.75, 3.05) is 19.6 Å². The van der Waals surface area contributed by atoms with E-state index in [1.807, 2.05) is 0 Å². The van der Waals surface area contributed by atoms with E-state index in [4.69, 9.17) is 5.73 Å². The Morgan fingerprint density at radius 2 is 2.36 bits per heavy atom. The second-order valence-corrected chi connectivity index (χ2v) is 3.64. The molecule has 0 radical (unpaired) electrons. The average molecular weight is 156 g/mol. The van der Waals surface area contributed by atoms with Gasteiger partial charge in [-0.25, -0.2) is 0 Å². The summed E-state index contributed by atoms with van der Waals surface area (Å²) in [4.78, 5) is 2.55. The Hall–Kier alpha value is -0.0800. The Labute approximate surface area is 69.8 Å². The lowest BCUT2D eigenvalue weighted by molar-refractivity contribution is 0.244. The second-order valence-electron chi connectivity index (χ2n) is 3.64. The Morgan fingerprint density at radius 3 is 2.82 bits per heavy atom. The Balaban J connectivity index is 2.29. The number of nitrogens with zero attached hydrogens (tertiary/aromatic N) is 1. The first-order chi connectivity index (χ1) is 5.27. The van der Waals surface area contributed by atoms with Gasteiger partial charge in [0.1, 0.15) is 0 Å². The largest absolute Gasteiger partial charge is 0.330 e. The highest BCUT2D eigenvalue weighted by Crippen LogP contribution is 2.18. The van der Waals surface area contributed by atoms with E-state index in [1.165, 1.54) is 25.9 Å². The van der Waals surface area contributed by atoms with Crippen LogP contribution in [0.15, 0.2) is 0 Å². The van der Waals surface area contributed by atoms with Gasteiger partial charge >= 0.3 is 0 Å². The van der Waals surface area contributed by atoms with E-state index in [0.29, 0.717) is 0 Å². The summed E-state index contributed by atoms with van der Waals surface area (Å²) < 4.78 is 0. The summed E-state index contributed by atoms with van der Waals surface area (Å²) in [5.41, 5.74) is 5.61. The molecule has 1 rings (SSSR count). The van der Waals surface area contributed by atoms with Gasteiger partial charge in [0.25, 0.3) is 0 Å². The van der Waals surface area contributed by atoms with Crippen LogP contribution in [0.3, 0.4) is 0 Å². The number of likely N-dealkylation sites (tertiary alicyclic amines) is 1. The van der Waals surface area contributed by atoms with Gasteiger partial charge in [-0.2, -0.15) is 0 Å². The fourth-order valence-electron chi connectivity index (χ4n) is 1.71. The molecule has 0 amide bonds. The summed E-state index contributed by atoms with van der Waals surface area (Å²) in [5, 5.41) is 0. The van der Waals surface area contributed by atoms with Crippen LogP contribution in [0.2, 0.25) is 0 Å². The predicted molar refractivity (Wildman–Crippen MR) is 48.5 cm³/mol. The molecular formula is C9H20N2. The Bertz CT molecular complexity index is 114. The topological polar surface area (TPSA) is 29.3 Å². The van der Waals surface area contributed by atoms with Gasteiger partial charge in [-0.3, -0.25) is 0 Å². The van der Waals surface area contributed by atoms with Crippen molar-refractivity contribution in [3.05, 3.63) is 0 Å². The van der Waals surface area contributed by atoms with E-state index in [1.54, 1.807) is 0 Å². The molecule has 2 N–H and O–H groups in total. The fraction of sp³-hybridized carbons (Fsp3) is 1.00. The molecule has 0 aliphatic carbocycles. The van der Waals surface area contributed by atoms with Gasteiger partial charge in [-0.15, -0.1) is 0 Å². The summed E-state index contributed by atoms with van der Waals surface area (Å²) in [7, 11) is 0. The van der Waals surface area contributed by atoms with Crippen molar-refractivity contribution in [1.29, 1.82) is 0 Å². The number of nitrogens with two attached hydrogens (primary N) is 1. The maximum atomic E-state index is 5.61. The summed E-state index contributed by atoms with van der Waals surface area (Å²) in [6, 6.07) is 0.756. The van der Waals surface area contributed by atoms with E-state index in [0.717, 1.165) is 18.5 Å². The van der Waals surface area contributed by atoms with Gasteiger partial charge in [0.15, 0.2) is 0 Å². The normalized spacial score (nSPS) is 29.2. The zero-order chi connectivity index (χ0) is 8.27. The van der Waals surface area contributed by atoms with Crippen LogP contribution >= 0.6 is 0 Å². The molecule has 1 aliphatic heterocycles. The second kappa shape index (κ2) is 4.07. The lowest BCUT2D eigenvalue weighted by atomic mass is 10.1. The molecule has 66 valence electrons. The fourth-order valence-corrected chi connectivity index (χ4v) is 1.71. The van der Waals surface area contributed by atoms with Crippen molar-refractivity contribution in [1.82, 2.24) is 4.90 Å². The molecule has 1 fully saturated rings. The third kappa shape index (κ3) is 2.17. The van der Waals surface area contributed by atoms with Crippen LogP contribution in [-0.4, -0.2) is 30.6 Å². The first-order valence-corrected chi connectivity index (χ1v) is 4.72. The number of hydrogen-bond acceptors (Lipinski definition) is 2. The van der Waals surface area contributed by atoms with E-state index >= 15 is 0 Å². The molecule has 0 aromatic carbocycles. The monoisotopic (exact) mass is 156 g/mol. The van der Waals surface area contributed by atoms with Gasteiger partial charge in [-0.1, -0.05) is 6.92 Å². The van der Waals surface area contributed by atoms with Crippen molar-refractivity contribution >= 4 is 0 Å². The molecule has 0 saturated carbocycles. The maximum absolute atomic E-state index is 5.61. The van der Waals surface area contributed by atoms with Crippen molar-refractivity contribution in [3.8, 4) is 0 Å². The number of hydrogen-bond donors (Lipinski definition) is 1. The van der Waals surface area contributed by atoms with Crippen LogP contribution in [-0.2, 0) is 0 Å². The molecule has 2 unspecified atom stereocenters. The molecule has 2 nitrogen and oxygen atoms in total. The molecular weight excluding hydrogens is 136 g/mol. The zero-order valence-electron chi connectivity index (χ0n) is 7.71. The van der Waals surface area contributed by atoms with Crippen molar-refractivity contribution in [2.24, 2.45) is 11.7 Å². The van der Waals surface area contributed by atoms with Crippen LogP contribution in [0.4, 0.5) is 0 Å². The van der Waals surface area contributed by atoms with Crippen LogP contribution in [0, 0.1) is 5.92 Å². The molecule has 1 heterocycles. The molecule has 0 aromatic rings. The Morgan fingerprint density at radius 1 is 1.64 bits per heavy atom. The first-order valence-electron chi connectivity index (χ1n) is 4.72. The Kier molecular flexibility index (Phi) is 3.34. The third-order valence-electron chi connectivity index (χ3n) is 2.86. The smallest absolute Gasteiger partial charge is 0.00644 e. The molecule has 0 bridgehead atoms. The molecule has 2 heteroatoms. The lowest BCUT2D eigenvalue weighted by Crippen LogP contribution is -2.31. The van der Waals surface area contributed by atoms with E-state index < -0.39 is 0 Å². The first kappa shape index (κ1) is 9.01. The summed E-state index contributed by atoms with van der Waals surface area (Å²) in [6.07, 6.45) is 2.57. The van der Waals surface area contributed by atoms with Crippen molar-refractivity contribution in [2.45, 2.75) is 32.7 Å². The lowest BCUT2D eigenvalue weighted by Gasteiger charge is -2.22. The van der Waals surface area contributed by atoms with Crippen molar-refractivity contribution in [3.63, 3.8) is 0 Å². The molecule has 1 aliphatic rings. The summed E-state index contributed by atoms with van der Waals surface area (Å²) >= 11 is 0. The predicted octanol–water partition coefficient (Wildman–Crippen LogP) is 1.07. The zero-order valence-corrected chi connectivity index (χ0v) is 7.71. The van der Waals surface area contributed by atoms with Gasteiger partial charge in [0.05, 0.1) is 0 Å². The van der Waals surface area contributed by atoms with Crippen LogP contribution in [0.25, 0.3) is 0 Å². The molecule has 2 atom stereocenters. The number of rotatable bonds is 3. The summed E-state index contributed by atoms with van der Waals surface area (Å²) in [6.45, 7) is 7.91. The minimum Gasteiger partial charge on any atom is -0.330 e. The van der Waals surface area contributed by atoms with Crippen LogP contribution in [0.5, 0.6) is 0 Å². The van der Waals surface area contributed by atoms with Crippen LogP contribution < -0.4 is 5.73 Å². The van der Waals surface area contributed by atoms with E-state index in [2.05, 4.69) is 18.7 Å². The van der Waals surface area contributed by atoms with Gasteiger partial charge < -0.3 is 10.6 Å². The molecule has 0 aromatic heterocycles. The van der Waals surface area contributed by atoms with Crippen molar-refractivity contribution < 1.29 is 0 Å². The standard InChI is InChI=1S/C9H20N2/c1-3-8(2)11-5-4-9(6-10)7-11/h8-9H,3-7,10H2,1-2H3. The SMILES string of the molecule is CCC(C)N1CCC(CN)C1. The maximum Gasteiger partial charge on any atom is 0.00644 e. The van der Waals surface area contributed by atoms with Gasteiger partial charge in [-0.05, 0) is 38.8 Å². The third-order valence-corrected chi connectivity index (χ3v) is 2.86. The van der Waals surface area contributed by atoms with Gasteiger partial charge in [0, 0.05) is 12.6 Å². The quantitative estimate of drug-likeness (QED) is 0.662. The minimum absolute atomic E-state index is 0.756. The molecule has 11 heavy (non-hydrogen) atoms. The minimum atomic E-state index is 0.756.